The van der Waals surface area contributed by atoms with Crippen molar-refractivity contribution < 1.29 is 19.1 Å². The molecular formula is C19H26O4. The van der Waals surface area contributed by atoms with Crippen LogP contribution in [0.2, 0.25) is 0 Å². The maximum atomic E-state index is 12.1. The second-order valence-corrected chi connectivity index (χ2v) is 7.38. The van der Waals surface area contributed by atoms with Gasteiger partial charge < -0.3 is 4.74 Å². The van der Waals surface area contributed by atoms with Gasteiger partial charge in [0.1, 0.15) is 6.10 Å². The summed E-state index contributed by atoms with van der Waals surface area (Å²) in [4.78, 5) is 35.8. The van der Waals surface area contributed by atoms with Gasteiger partial charge in [0, 0.05) is 17.8 Å². The standard InChI is InChI=1S/C19H26O4/c1-11(2)8-18(22)23-17-7-6-14-9-16(21)15(13(4)20)10-19(14,5)12(17)3/h9-12,17H,6-8H2,1-5H3. The number of esters is 1. The number of ketones is 2. The van der Waals surface area contributed by atoms with Crippen molar-refractivity contribution in [3.05, 3.63) is 23.3 Å². The van der Waals surface area contributed by atoms with Crippen LogP contribution in [0.3, 0.4) is 0 Å². The predicted molar refractivity (Wildman–Crippen MR) is 87.7 cm³/mol. The minimum absolute atomic E-state index is 0.0288. The normalized spacial score (nSPS) is 30.4. The van der Waals surface area contributed by atoms with Gasteiger partial charge in [-0.05, 0) is 31.8 Å². The number of fused-ring (bicyclic) bond motifs is 1. The van der Waals surface area contributed by atoms with Crippen LogP contribution in [0.25, 0.3) is 0 Å². The Morgan fingerprint density at radius 1 is 1.39 bits per heavy atom. The average Bonchev–Trinajstić information content (AvgIpc) is 2.43. The van der Waals surface area contributed by atoms with Crippen LogP contribution in [0.4, 0.5) is 0 Å². The molecule has 0 saturated heterocycles. The zero-order valence-electron chi connectivity index (χ0n) is 14.6. The Morgan fingerprint density at radius 2 is 2.04 bits per heavy atom. The van der Waals surface area contributed by atoms with Crippen molar-refractivity contribution in [3.8, 4) is 0 Å². The summed E-state index contributed by atoms with van der Waals surface area (Å²) >= 11 is 0. The molecule has 1 saturated carbocycles. The van der Waals surface area contributed by atoms with Crippen LogP contribution >= 0.6 is 0 Å². The lowest BCUT2D eigenvalue weighted by Gasteiger charge is -2.45. The fraction of sp³-hybridized carbons (Fsp3) is 0.632. The Labute approximate surface area is 138 Å². The quantitative estimate of drug-likeness (QED) is 0.589. The Kier molecular flexibility index (Phi) is 4.92. The molecule has 3 unspecified atom stereocenters. The zero-order chi connectivity index (χ0) is 17.4. The van der Waals surface area contributed by atoms with Crippen LogP contribution in [0.1, 0.15) is 53.9 Å². The summed E-state index contributed by atoms with van der Waals surface area (Å²) in [7, 11) is 0. The number of ether oxygens (including phenoxy) is 1. The molecule has 0 aliphatic heterocycles. The summed E-state index contributed by atoms with van der Waals surface area (Å²) in [5, 5.41) is 0. The molecule has 0 N–H and O–H groups in total. The summed E-state index contributed by atoms with van der Waals surface area (Å²) in [5.74, 6) is -0.286. The van der Waals surface area contributed by atoms with E-state index in [2.05, 4.69) is 0 Å². The van der Waals surface area contributed by atoms with Gasteiger partial charge in [-0.25, -0.2) is 0 Å². The summed E-state index contributed by atoms with van der Waals surface area (Å²) in [6.45, 7) is 9.45. The van der Waals surface area contributed by atoms with Crippen LogP contribution < -0.4 is 0 Å². The van der Waals surface area contributed by atoms with E-state index in [1.54, 1.807) is 12.2 Å². The van der Waals surface area contributed by atoms with E-state index in [0.29, 0.717) is 12.8 Å². The first-order valence-corrected chi connectivity index (χ1v) is 8.33. The topological polar surface area (TPSA) is 60.4 Å². The van der Waals surface area contributed by atoms with Gasteiger partial charge in [-0.3, -0.25) is 14.4 Å². The van der Waals surface area contributed by atoms with Crippen molar-refractivity contribution in [1.29, 1.82) is 0 Å². The van der Waals surface area contributed by atoms with Gasteiger partial charge in [-0.2, -0.15) is 0 Å². The van der Waals surface area contributed by atoms with Gasteiger partial charge in [0.2, 0.25) is 0 Å². The molecule has 2 aliphatic carbocycles. The number of carbonyl (C=O) groups is 3. The fourth-order valence-corrected chi connectivity index (χ4v) is 3.54. The highest BCUT2D eigenvalue weighted by molar-refractivity contribution is 6.24. The smallest absolute Gasteiger partial charge is 0.306 e. The van der Waals surface area contributed by atoms with E-state index in [1.807, 2.05) is 27.7 Å². The van der Waals surface area contributed by atoms with Gasteiger partial charge >= 0.3 is 5.97 Å². The highest BCUT2D eigenvalue weighted by Gasteiger charge is 2.45. The van der Waals surface area contributed by atoms with Crippen molar-refractivity contribution in [3.63, 3.8) is 0 Å². The van der Waals surface area contributed by atoms with Gasteiger partial charge in [-0.15, -0.1) is 0 Å². The predicted octanol–water partition coefficient (Wildman–Crippen LogP) is 3.41. The molecule has 0 heterocycles. The van der Waals surface area contributed by atoms with Crippen molar-refractivity contribution in [2.75, 3.05) is 0 Å². The molecule has 0 amide bonds. The van der Waals surface area contributed by atoms with E-state index in [4.69, 9.17) is 4.74 Å². The monoisotopic (exact) mass is 318 g/mol. The third-order valence-corrected chi connectivity index (χ3v) is 5.15. The first kappa shape index (κ1) is 17.6. The van der Waals surface area contributed by atoms with Gasteiger partial charge in [0.05, 0.1) is 5.57 Å². The highest BCUT2D eigenvalue weighted by atomic mass is 16.5. The number of rotatable bonds is 4. The lowest BCUT2D eigenvalue weighted by atomic mass is 9.61. The average molecular weight is 318 g/mol. The second-order valence-electron chi connectivity index (χ2n) is 7.38. The molecule has 23 heavy (non-hydrogen) atoms. The van der Waals surface area contributed by atoms with Crippen LogP contribution in [-0.2, 0) is 19.1 Å². The molecule has 126 valence electrons. The first-order valence-electron chi connectivity index (χ1n) is 8.33. The molecule has 0 aromatic rings. The fourth-order valence-electron chi connectivity index (χ4n) is 3.54. The second kappa shape index (κ2) is 6.42. The minimum atomic E-state index is -0.407. The molecule has 2 aliphatic rings. The summed E-state index contributed by atoms with van der Waals surface area (Å²) in [6, 6.07) is 0. The van der Waals surface area contributed by atoms with Crippen LogP contribution in [0.15, 0.2) is 23.3 Å². The molecule has 1 fully saturated rings. The number of allylic oxidation sites excluding steroid dienone is 4. The number of Topliss-reactive ketones (excluding diaryl/α,β-unsaturated/α-hetero) is 1. The van der Waals surface area contributed by atoms with Crippen molar-refractivity contribution in [2.45, 2.75) is 60.0 Å². The third kappa shape index (κ3) is 3.46. The van der Waals surface area contributed by atoms with E-state index in [-0.39, 0.29) is 41.0 Å². The molecule has 2 rings (SSSR count). The number of hydrogen-bond acceptors (Lipinski definition) is 4. The summed E-state index contributed by atoms with van der Waals surface area (Å²) in [5.41, 5.74) is 0.879. The number of carbonyl (C=O) groups excluding carboxylic acids is 3. The van der Waals surface area contributed by atoms with Gasteiger partial charge in [-0.1, -0.05) is 39.3 Å². The van der Waals surface area contributed by atoms with Crippen LogP contribution in [0.5, 0.6) is 0 Å². The molecule has 0 aromatic heterocycles. The van der Waals surface area contributed by atoms with E-state index >= 15 is 0 Å². The maximum absolute atomic E-state index is 12.1. The minimum Gasteiger partial charge on any atom is -0.462 e. The Bertz CT molecular complexity index is 596. The molecule has 0 radical (unpaired) electrons. The molecule has 0 aromatic carbocycles. The van der Waals surface area contributed by atoms with Crippen molar-refractivity contribution >= 4 is 17.5 Å². The lowest BCUT2D eigenvalue weighted by Crippen LogP contribution is -2.43. The third-order valence-electron chi connectivity index (χ3n) is 5.15. The van der Waals surface area contributed by atoms with Crippen LogP contribution in [-0.4, -0.2) is 23.6 Å². The molecule has 0 bridgehead atoms. The molecule has 0 spiro atoms. The Hall–Kier alpha value is -1.71. The Morgan fingerprint density at radius 3 is 2.61 bits per heavy atom. The molecule has 3 atom stereocenters. The van der Waals surface area contributed by atoms with E-state index in [9.17, 15) is 14.4 Å². The van der Waals surface area contributed by atoms with Crippen molar-refractivity contribution in [1.82, 2.24) is 0 Å². The Balaban J connectivity index is 2.23. The van der Waals surface area contributed by atoms with Gasteiger partial charge in [0.25, 0.3) is 0 Å². The van der Waals surface area contributed by atoms with E-state index in [0.717, 1.165) is 12.0 Å². The number of hydrogen-bond donors (Lipinski definition) is 0. The van der Waals surface area contributed by atoms with E-state index < -0.39 is 5.41 Å². The molecular weight excluding hydrogens is 292 g/mol. The summed E-state index contributed by atoms with van der Waals surface area (Å²) < 4.78 is 5.69. The van der Waals surface area contributed by atoms with Crippen molar-refractivity contribution in [2.24, 2.45) is 17.3 Å². The lowest BCUT2D eigenvalue weighted by molar-refractivity contribution is -0.155. The highest BCUT2D eigenvalue weighted by Crippen LogP contribution is 2.49. The van der Waals surface area contributed by atoms with Crippen LogP contribution in [0, 0.1) is 17.3 Å². The molecule has 4 nitrogen and oxygen atoms in total. The largest absolute Gasteiger partial charge is 0.462 e. The maximum Gasteiger partial charge on any atom is 0.306 e. The SMILES string of the molecule is CC(=O)C1=CC2(C)C(=CC1=O)CCC(OC(=O)CC(C)C)C2C. The zero-order valence-corrected chi connectivity index (χ0v) is 14.6. The molecule has 4 heteroatoms. The summed E-state index contributed by atoms with van der Waals surface area (Å²) in [6.07, 6.45) is 5.08. The van der Waals surface area contributed by atoms with Gasteiger partial charge in [0.15, 0.2) is 11.6 Å². The first-order chi connectivity index (χ1) is 10.6. The van der Waals surface area contributed by atoms with E-state index in [1.165, 1.54) is 6.92 Å².